The summed E-state index contributed by atoms with van der Waals surface area (Å²) in [6.07, 6.45) is 9.70. The summed E-state index contributed by atoms with van der Waals surface area (Å²) >= 11 is 0. The molecule has 0 radical (unpaired) electrons. The molecular formula is C51H35N3. The predicted molar refractivity (Wildman–Crippen MR) is 229 cm³/mol. The minimum absolute atomic E-state index is 0.841. The lowest BCUT2D eigenvalue weighted by Gasteiger charge is -2.20. The average molecular weight is 690 g/mol. The van der Waals surface area contributed by atoms with E-state index in [-0.39, 0.29) is 0 Å². The van der Waals surface area contributed by atoms with Crippen LogP contribution in [0.5, 0.6) is 0 Å². The summed E-state index contributed by atoms with van der Waals surface area (Å²) in [7, 11) is 0. The van der Waals surface area contributed by atoms with E-state index in [9.17, 15) is 0 Å². The van der Waals surface area contributed by atoms with E-state index in [1.165, 1.54) is 98.4 Å². The molecular weight excluding hydrogens is 655 g/mol. The first-order valence-corrected chi connectivity index (χ1v) is 19.2. The maximum absolute atomic E-state index is 5.47. The van der Waals surface area contributed by atoms with Crippen molar-refractivity contribution in [1.29, 1.82) is 0 Å². The highest BCUT2D eigenvalue weighted by Gasteiger charge is 2.27. The molecule has 12 rings (SSSR count). The molecule has 0 saturated heterocycles. The zero-order valence-electron chi connectivity index (χ0n) is 30.0. The van der Waals surface area contributed by atoms with Gasteiger partial charge in [-0.3, -0.25) is 0 Å². The number of allylic oxidation sites excluding steroid dienone is 4. The van der Waals surface area contributed by atoms with Crippen molar-refractivity contribution in [3.8, 4) is 16.9 Å². The minimum Gasteiger partial charge on any atom is -0.308 e. The maximum atomic E-state index is 5.47. The fourth-order valence-electron chi connectivity index (χ4n) is 9.80. The summed E-state index contributed by atoms with van der Waals surface area (Å²) in [5.41, 5.74) is 14.6. The number of benzene rings is 7. The molecule has 54 heavy (non-hydrogen) atoms. The zero-order chi connectivity index (χ0) is 35.5. The number of nitrogens with zero attached hydrogens (tertiary/aromatic N) is 3. The second kappa shape index (κ2) is 11.1. The van der Waals surface area contributed by atoms with E-state index in [0.717, 1.165) is 36.0 Å². The monoisotopic (exact) mass is 689 g/mol. The molecule has 7 aromatic carbocycles. The standard InChI is InChI=1S/C51H35N3/c1-2-35-49(34-19-14-18-33(29-34)31-15-4-3-5-16-31)52-41-24-11-8-21-37(41)50(35)54-42-25-12-9-22-38(42)47-45(54)30-40-46-36-20-7-6-17-32(36)27-28-44(46)53-43-26-13-10-23-39(43)48(47)51(40)53/h3-4,6-15,17-30H,2,5,16H2,1H3. The Balaban J connectivity index is 1.28. The van der Waals surface area contributed by atoms with Crippen molar-refractivity contribution in [1.82, 2.24) is 14.0 Å². The smallest absolute Gasteiger partial charge is 0.0762 e. The molecule has 0 unspecified atom stereocenters. The van der Waals surface area contributed by atoms with E-state index < -0.39 is 0 Å². The second-order valence-corrected chi connectivity index (χ2v) is 14.8. The van der Waals surface area contributed by atoms with Crippen molar-refractivity contribution in [2.75, 3.05) is 0 Å². The van der Waals surface area contributed by atoms with Gasteiger partial charge in [0, 0.05) is 48.8 Å². The maximum Gasteiger partial charge on any atom is 0.0762 e. The van der Waals surface area contributed by atoms with Gasteiger partial charge in [0.05, 0.1) is 44.5 Å². The molecule has 0 spiro atoms. The van der Waals surface area contributed by atoms with Crippen LogP contribution in [0.1, 0.15) is 30.9 Å². The Hall–Kier alpha value is -6.71. The van der Waals surface area contributed by atoms with Crippen LogP contribution in [0.4, 0.5) is 0 Å². The number of hydrogen-bond acceptors (Lipinski definition) is 1. The number of pyridine rings is 1. The van der Waals surface area contributed by atoms with Crippen LogP contribution >= 0.6 is 0 Å². The van der Waals surface area contributed by atoms with Gasteiger partial charge in [0.25, 0.3) is 0 Å². The van der Waals surface area contributed by atoms with E-state index in [2.05, 4.69) is 174 Å². The number of para-hydroxylation sites is 3. The van der Waals surface area contributed by atoms with Crippen molar-refractivity contribution >= 4 is 87.1 Å². The van der Waals surface area contributed by atoms with E-state index >= 15 is 0 Å². The molecule has 1 aliphatic carbocycles. The fraction of sp³-hybridized carbons (Fsp3) is 0.0784. The summed E-state index contributed by atoms with van der Waals surface area (Å²) in [6.45, 7) is 2.29. The second-order valence-electron chi connectivity index (χ2n) is 14.8. The molecule has 4 aromatic heterocycles. The molecule has 0 aliphatic heterocycles. The first-order valence-electron chi connectivity index (χ1n) is 19.2. The third-order valence-electron chi connectivity index (χ3n) is 12.1. The van der Waals surface area contributed by atoms with E-state index in [1.807, 2.05) is 0 Å². The van der Waals surface area contributed by atoms with Crippen LogP contribution in [0.2, 0.25) is 0 Å². The highest BCUT2D eigenvalue weighted by molar-refractivity contribution is 6.37. The average Bonchev–Trinajstić information content (AvgIpc) is 3.88. The van der Waals surface area contributed by atoms with Crippen molar-refractivity contribution in [2.45, 2.75) is 26.2 Å². The molecule has 0 atom stereocenters. The fourth-order valence-corrected chi connectivity index (χ4v) is 9.80. The zero-order valence-corrected chi connectivity index (χ0v) is 30.0. The van der Waals surface area contributed by atoms with Crippen LogP contribution in [-0.4, -0.2) is 14.0 Å². The molecule has 1 aliphatic rings. The molecule has 3 heteroatoms. The topological polar surface area (TPSA) is 22.2 Å². The predicted octanol–water partition coefficient (Wildman–Crippen LogP) is 13.6. The molecule has 254 valence electrons. The summed E-state index contributed by atoms with van der Waals surface area (Å²) < 4.78 is 5.11. The first kappa shape index (κ1) is 29.8. The highest BCUT2D eigenvalue weighted by atomic mass is 15.0. The van der Waals surface area contributed by atoms with Crippen LogP contribution in [-0.2, 0) is 6.42 Å². The summed E-state index contributed by atoms with van der Waals surface area (Å²) in [6, 6.07) is 51.8. The van der Waals surface area contributed by atoms with E-state index in [1.54, 1.807) is 0 Å². The van der Waals surface area contributed by atoms with E-state index in [4.69, 9.17) is 4.98 Å². The van der Waals surface area contributed by atoms with Gasteiger partial charge in [-0.1, -0.05) is 128 Å². The van der Waals surface area contributed by atoms with Crippen molar-refractivity contribution < 1.29 is 0 Å². The van der Waals surface area contributed by atoms with Gasteiger partial charge in [-0.15, -0.1) is 0 Å². The van der Waals surface area contributed by atoms with Crippen LogP contribution in [0.3, 0.4) is 0 Å². The number of aromatic nitrogens is 3. The number of fused-ring (bicyclic) bond motifs is 13. The van der Waals surface area contributed by atoms with Gasteiger partial charge >= 0.3 is 0 Å². The van der Waals surface area contributed by atoms with Crippen molar-refractivity contribution in [2.24, 2.45) is 0 Å². The Morgan fingerprint density at radius 2 is 1.31 bits per heavy atom. The normalized spacial score (nSPS) is 13.6. The van der Waals surface area contributed by atoms with Crippen LogP contribution in [0.25, 0.3) is 104 Å². The minimum atomic E-state index is 0.841. The lowest BCUT2D eigenvalue weighted by atomic mass is 9.93. The molecule has 3 nitrogen and oxygen atoms in total. The summed E-state index contributed by atoms with van der Waals surface area (Å²) in [5, 5.41) is 11.5. The van der Waals surface area contributed by atoms with Gasteiger partial charge in [0.1, 0.15) is 0 Å². The van der Waals surface area contributed by atoms with E-state index in [0.29, 0.717) is 0 Å². The molecule has 0 fully saturated rings. The third-order valence-corrected chi connectivity index (χ3v) is 12.1. The quantitative estimate of drug-likeness (QED) is 0.180. The Morgan fingerprint density at radius 1 is 0.574 bits per heavy atom. The Morgan fingerprint density at radius 3 is 2.15 bits per heavy atom. The van der Waals surface area contributed by atoms with Gasteiger partial charge < -0.3 is 8.97 Å². The number of hydrogen-bond donors (Lipinski definition) is 0. The first-order chi connectivity index (χ1) is 26.8. The molecule has 0 N–H and O–H groups in total. The summed E-state index contributed by atoms with van der Waals surface area (Å²) in [5.74, 6) is 0. The van der Waals surface area contributed by atoms with Crippen LogP contribution < -0.4 is 0 Å². The van der Waals surface area contributed by atoms with Gasteiger partial charge in [-0.25, -0.2) is 4.98 Å². The van der Waals surface area contributed by atoms with Gasteiger partial charge in [0.2, 0.25) is 0 Å². The molecule has 11 aromatic rings. The van der Waals surface area contributed by atoms with Crippen LogP contribution in [0.15, 0.2) is 158 Å². The van der Waals surface area contributed by atoms with Gasteiger partial charge in [0.15, 0.2) is 0 Å². The Kier molecular flexibility index (Phi) is 6.16. The van der Waals surface area contributed by atoms with Crippen LogP contribution in [0, 0.1) is 0 Å². The lowest BCUT2D eigenvalue weighted by Crippen LogP contribution is -2.05. The summed E-state index contributed by atoms with van der Waals surface area (Å²) in [4.78, 5) is 5.47. The molecule has 4 heterocycles. The Bertz CT molecular complexity index is 3420. The highest BCUT2D eigenvalue weighted by Crippen LogP contribution is 2.49. The SMILES string of the molecule is CCc1c(-c2cccc(C3=CC=CCC3)c2)nc2ccccc2c1-n1c2ccccc2c2c3c4ccccc4n4c5ccc6ccccc6c5c(cc21)c34. The lowest BCUT2D eigenvalue weighted by molar-refractivity contribution is 1.05. The third kappa shape index (κ3) is 3.93. The van der Waals surface area contributed by atoms with Gasteiger partial charge in [-0.2, -0.15) is 0 Å². The largest absolute Gasteiger partial charge is 0.308 e. The number of rotatable bonds is 4. The van der Waals surface area contributed by atoms with Crippen molar-refractivity contribution in [3.05, 3.63) is 169 Å². The molecule has 0 saturated carbocycles. The Labute approximate surface area is 312 Å². The van der Waals surface area contributed by atoms with Gasteiger partial charge in [-0.05, 0) is 77.6 Å². The van der Waals surface area contributed by atoms with Crippen molar-refractivity contribution in [3.63, 3.8) is 0 Å². The molecule has 0 amide bonds. The molecule has 0 bridgehead atoms.